The van der Waals surface area contributed by atoms with Crippen molar-refractivity contribution in [1.29, 1.82) is 0 Å². The molecule has 104 valence electrons. The molecule has 0 aromatic rings. The first-order valence-electron chi connectivity index (χ1n) is 6.80. The smallest absolute Gasteiger partial charge is 0.248 e. The van der Waals surface area contributed by atoms with E-state index in [9.17, 15) is 4.79 Å². The molecule has 0 aliphatic heterocycles. The van der Waals surface area contributed by atoms with Gasteiger partial charge in [0.25, 0.3) is 0 Å². The molecule has 1 amide bonds. The number of nitrogens with one attached hydrogen (secondary N) is 1. The van der Waals surface area contributed by atoms with Crippen molar-refractivity contribution in [3.05, 3.63) is 0 Å². The number of unbranched alkanes of at least 4 members (excludes halogenated alkanes) is 1. The van der Waals surface area contributed by atoms with E-state index in [-0.39, 0.29) is 12.0 Å². The molecular weight excluding hydrogens is 232 g/mol. The maximum atomic E-state index is 11.7. The van der Waals surface area contributed by atoms with Crippen LogP contribution >= 0.6 is 0 Å². The van der Waals surface area contributed by atoms with Crippen molar-refractivity contribution in [3.8, 4) is 0 Å². The largest absolute Gasteiger partial charge is 0.411 e. The number of hydrogen-bond donors (Lipinski definition) is 2. The first-order valence-corrected chi connectivity index (χ1v) is 6.80. The predicted molar refractivity (Wildman–Crippen MR) is 69.9 cm³/mol. The van der Waals surface area contributed by atoms with Crippen LogP contribution in [-0.4, -0.2) is 35.6 Å². The van der Waals surface area contributed by atoms with Crippen LogP contribution in [0.25, 0.3) is 0 Å². The third kappa shape index (κ3) is 5.04. The Bertz CT molecular complexity index is 282. The Kier molecular flexibility index (Phi) is 6.72. The molecule has 1 unspecified atom stereocenters. The zero-order valence-corrected chi connectivity index (χ0v) is 11.3. The van der Waals surface area contributed by atoms with E-state index in [1.165, 1.54) is 0 Å². The first kappa shape index (κ1) is 15.0. The molecule has 0 aromatic heterocycles. The van der Waals surface area contributed by atoms with Gasteiger partial charge >= 0.3 is 0 Å². The van der Waals surface area contributed by atoms with Crippen LogP contribution in [-0.2, 0) is 9.53 Å². The minimum Gasteiger partial charge on any atom is -0.411 e. The third-order valence-corrected chi connectivity index (χ3v) is 3.25. The number of nitrogens with zero attached hydrogens (tertiary/aromatic N) is 1. The Morgan fingerprint density at radius 1 is 1.56 bits per heavy atom. The Balaban J connectivity index is 2.23. The zero-order valence-electron chi connectivity index (χ0n) is 11.3. The number of carbonyl (C=O) groups is 1. The molecule has 0 heterocycles. The minimum atomic E-state index is -0.403. The molecule has 1 saturated carbocycles. The van der Waals surface area contributed by atoms with Crippen LogP contribution in [0.5, 0.6) is 0 Å². The standard InChI is InChI=1S/C13H24N2O3/c1-3-4-9-14-13(16)10(2)18-12-7-5-11(15-17)6-8-12/h10,12,17H,3-9H2,1-2H3,(H,14,16). The number of rotatable bonds is 6. The molecule has 1 fully saturated rings. The van der Waals surface area contributed by atoms with Crippen LogP contribution in [0.3, 0.4) is 0 Å². The molecule has 1 rings (SSSR count). The fraction of sp³-hybridized carbons (Fsp3) is 0.846. The monoisotopic (exact) mass is 256 g/mol. The summed E-state index contributed by atoms with van der Waals surface area (Å²) in [6.45, 7) is 4.60. The molecule has 0 radical (unpaired) electrons. The predicted octanol–water partition coefficient (Wildman–Crippen LogP) is 2.08. The molecule has 1 atom stereocenters. The summed E-state index contributed by atoms with van der Waals surface area (Å²) in [4.78, 5) is 11.7. The summed E-state index contributed by atoms with van der Waals surface area (Å²) < 4.78 is 5.73. The van der Waals surface area contributed by atoms with E-state index in [0.29, 0.717) is 0 Å². The zero-order chi connectivity index (χ0) is 13.4. The lowest BCUT2D eigenvalue weighted by Crippen LogP contribution is -2.38. The summed E-state index contributed by atoms with van der Waals surface area (Å²) in [6, 6.07) is 0. The summed E-state index contributed by atoms with van der Waals surface area (Å²) in [5.41, 5.74) is 0.829. The van der Waals surface area contributed by atoms with Crippen LogP contribution in [0, 0.1) is 0 Å². The van der Waals surface area contributed by atoms with Crippen molar-refractivity contribution >= 4 is 11.6 Å². The van der Waals surface area contributed by atoms with Crippen LogP contribution in [0.4, 0.5) is 0 Å². The maximum absolute atomic E-state index is 11.7. The number of oxime groups is 1. The van der Waals surface area contributed by atoms with Crippen molar-refractivity contribution in [2.75, 3.05) is 6.54 Å². The first-order chi connectivity index (χ1) is 8.67. The van der Waals surface area contributed by atoms with Crippen molar-refractivity contribution in [3.63, 3.8) is 0 Å². The molecule has 0 bridgehead atoms. The second-order valence-corrected chi connectivity index (χ2v) is 4.79. The van der Waals surface area contributed by atoms with Gasteiger partial charge in [0, 0.05) is 6.54 Å². The van der Waals surface area contributed by atoms with Gasteiger partial charge < -0.3 is 15.3 Å². The van der Waals surface area contributed by atoms with Gasteiger partial charge in [-0.25, -0.2) is 0 Å². The van der Waals surface area contributed by atoms with E-state index in [4.69, 9.17) is 9.94 Å². The highest BCUT2D eigenvalue weighted by Crippen LogP contribution is 2.20. The molecule has 0 aromatic carbocycles. The average molecular weight is 256 g/mol. The molecule has 5 nitrogen and oxygen atoms in total. The Labute approximate surface area is 109 Å². The summed E-state index contributed by atoms with van der Waals surface area (Å²) in [5, 5.41) is 14.7. The Morgan fingerprint density at radius 3 is 2.78 bits per heavy atom. The number of ether oxygens (including phenoxy) is 1. The Hall–Kier alpha value is -1.10. The fourth-order valence-corrected chi connectivity index (χ4v) is 2.04. The van der Waals surface area contributed by atoms with Gasteiger partial charge in [-0.1, -0.05) is 18.5 Å². The van der Waals surface area contributed by atoms with E-state index < -0.39 is 6.10 Å². The molecular formula is C13H24N2O3. The van der Waals surface area contributed by atoms with Crippen molar-refractivity contribution in [2.45, 2.75) is 64.6 Å². The van der Waals surface area contributed by atoms with Crippen LogP contribution in [0.15, 0.2) is 5.16 Å². The van der Waals surface area contributed by atoms with E-state index in [2.05, 4.69) is 17.4 Å². The van der Waals surface area contributed by atoms with Crippen LogP contribution in [0.2, 0.25) is 0 Å². The molecule has 1 aliphatic carbocycles. The molecule has 1 aliphatic rings. The van der Waals surface area contributed by atoms with Gasteiger partial charge in [-0.2, -0.15) is 0 Å². The normalized spacial score (nSPS) is 21.4. The molecule has 5 heteroatoms. The summed E-state index contributed by atoms with van der Waals surface area (Å²) >= 11 is 0. The highest BCUT2D eigenvalue weighted by Gasteiger charge is 2.23. The lowest BCUT2D eigenvalue weighted by molar-refractivity contribution is -0.135. The maximum Gasteiger partial charge on any atom is 0.248 e. The van der Waals surface area contributed by atoms with Crippen molar-refractivity contribution in [1.82, 2.24) is 5.32 Å². The molecule has 18 heavy (non-hydrogen) atoms. The fourth-order valence-electron chi connectivity index (χ4n) is 2.04. The van der Waals surface area contributed by atoms with Gasteiger partial charge in [-0.3, -0.25) is 4.79 Å². The van der Waals surface area contributed by atoms with Gasteiger partial charge in [0.1, 0.15) is 6.10 Å². The van der Waals surface area contributed by atoms with Crippen LogP contribution in [0.1, 0.15) is 52.4 Å². The summed E-state index contributed by atoms with van der Waals surface area (Å²) in [7, 11) is 0. The van der Waals surface area contributed by atoms with Gasteiger partial charge in [0.15, 0.2) is 0 Å². The highest BCUT2D eigenvalue weighted by molar-refractivity contribution is 5.84. The topological polar surface area (TPSA) is 70.9 Å². The molecule has 2 N–H and O–H groups in total. The van der Waals surface area contributed by atoms with E-state index in [1.54, 1.807) is 6.92 Å². The van der Waals surface area contributed by atoms with E-state index >= 15 is 0 Å². The minimum absolute atomic E-state index is 0.0370. The lowest BCUT2D eigenvalue weighted by Gasteiger charge is -2.25. The second kappa shape index (κ2) is 8.08. The van der Waals surface area contributed by atoms with Gasteiger partial charge in [0.05, 0.1) is 11.8 Å². The number of carbonyl (C=O) groups excluding carboxylic acids is 1. The quantitative estimate of drug-likeness (QED) is 0.434. The highest BCUT2D eigenvalue weighted by atomic mass is 16.5. The van der Waals surface area contributed by atoms with Gasteiger partial charge in [-0.05, 0) is 39.0 Å². The average Bonchev–Trinajstić information content (AvgIpc) is 2.39. The van der Waals surface area contributed by atoms with E-state index in [0.717, 1.165) is 50.8 Å². The number of amides is 1. The molecule has 0 spiro atoms. The van der Waals surface area contributed by atoms with Crippen molar-refractivity contribution in [2.24, 2.45) is 5.16 Å². The lowest BCUT2D eigenvalue weighted by atomic mass is 9.96. The van der Waals surface area contributed by atoms with Gasteiger partial charge in [0.2, 0.25) is 5.91 Å². The third-order valence-electron chi connectivity index (χ3n) is 3.25. The van der Waals surface area contributed by atoms with Crippen LogP contribution < -0.4 is 5.32 Å². The molecule has 0 saturated heterocycles. The summed E-state index contributed by atoms with van der Waals surface area (Å²) in [5.74, 6) is -0.0370. The Morgan fingerprint density at radius 2 is 2.22 bits per heavy atom. The summed E-state index contributed by atoms with van der Waals surface area (Å²) in [6.07, 6.45) is 4.93. The van der Waals surface area contributed by atoms with Gasteiger partial charge in [-0.15, -0.1) is 0 Å². The SMILES string of the molecule is CCCCNC(=O)C(C)OC1CCC(=NO)CC1. The second-order valence-electron chi connectivity index (χ2n) is 4.79. The number of hydrogen-bond acceptors (Lipinski definition) is 4. The van der Waals surface area contributed by atoms with Crippen molar-refractivity contribution < 1.29 is 14.7 Å². The van der Waals surface area contributed by atoms with E-state index in [1.807, 2.05) is 0 Å².